The highest BCUT2D eigenvalue weighted by Gasteiger charge is 2.24. The summed E-state index contributed by atoms with van der Waals surface area (Å²) in [5, 5.41) is 3.69. The molecule has 0 aliphatic rings. The molecule has 0 aliphatic carbocycles. The van der Waals surface area contributed by atoms with Crippen LogP contribution in [0.2, 0.25) is 5.02 Å². The van der Waals surface area contributed by atoms with Crippen molar-refractivity contribution in [2.75, 3.05) is 5.32 Å². The van der Waals surface area contributed by atoms with Gasteiger partial charge in [0.05, 0.1) is 5.92 Å². The molecule has 2 nitrogen and oxygen atoms in total. The van der Waals surface area contributed by atoms with Gasteiger partial charge >= 0.3 is 0 Å². The fraction of sp³-hybridized carbons (Fsp3) is 0.278. The Morgan fingerprint density at radius 1 is 1.14 bits per heavy atom. The van der Waals surface area contributed by atoms with E-state index in [2.05, 4.69) is 21.2 Å². The first-order valence-corrected chi connectivity index (χ1v) is 8.38. The average Bonchev–Trinajstić information content (AvgIpc) is 2.45. The first-order valence-electron chi connectivity index (χ1n) is 7.21. The second-order valence-corrected chi connectivity index (χ2v) is 7.02. The SMILES string of the molecule is Cc1cc(NC(=O)[C@H](c2ccc(Cl)cc2)C(C)C)ccc1Br. The van der Waals surface area contributed by atoms with Gasteiger partial charge in [0.2, 0.25) is 5.91 Å². The van der Waals surface area contributed by atoms with Crippen molar-refractivity contribution in [3.05, 3.63) is 63.1 Å². The smallest absolute Gasteiger partial charge is 0.232 e. The number of rotatable bonds is 4. The van der Waals surface area contributed by atoms with Crippen LogP contribution in [0, 0.1) is 12.8 Å². The summed E-state index contributed by atoms with van der Waals surface area (Å²) >= 11 is 9.40. The lowest BCUT2D eigenvalue weighted by molar-refractivity contribution is -0.118. The summed E-state index contributed by atoms with van der Waals surface area (Å²) in [6.07, 6.45) is 0. The first-order chi connectivity index (χ1) is 10.4. The van der Waals surface area contributed by atoms with Gasteiger partial charge in [0.25, 0.3) is 0 Å². The van der Waals surface area contributed by atoms with Gasteiger partial charge in [0, 0.05) is 15.2 Å². The summed E-state index contributed by atoms with van der Waals surface area (Å²) in [6, 6.07) is 13.3. The fourth-order valence-electron chi connectivity index (χ4n) is 2.45. The number of anilines is 1. The Hall–Kier alpha value is -1.32. The molecule has 0 saturated heterocycles. The molecule has 2 rings (SSSR count). The Balaban J connectivity index is 2.23. The molecular weight excluding hydrogens is 362 g/mol. The van der Waals surface area contributed by atoms with E-state index < -0.39 is 0 Å². The van der Waals surface area contributed by atoms with Crippen molar-refractivity contribution < 1.29 is 4.79 Å². The van der Waals surface area contributed by atoms with E-state index in [4.69, 9.17) is 11.6 Å². The number of aryl methyl sites for hydroxylation is 1. The molecule has 2 aromatic rings. The number of carbonyl (C=O) groups excluding carboxylic acids is 1. The second kappa shape index (κ2) is 7.30. The van der Waals surface area contributed by atoms with Gasteiger partial charge in [-0.15, -0.1) is 0 Å². The number of benzene rings is 2. The summed E-state index contributed by atoms with van der Waals surface area (Å²) in [6.45, 7) is 6.09. The molecule has 0 aromatic heterocycles. The Morgan fingerprint density at radius 3 is 2.32 bits per heavy atom. The topological polar surface area (TPSA) is 29.1 Å². The number of hydrogen-bond donors (Lipinski definition) is 1. The Bertz CT molecular complexity index is 667. The van der Waals surface area contributed by atoms with Crippen molar-refractivity contribution in [3.63, 3.8) is 0 Å². The molecule has 22 heavy (non-hydrogen) atoms. The van der Waals surface area contributed by atoms with Crippen LogP contribution in [0.3, 0.4) is 0 Å². The summed E-state index contributed by atoms with van der Waals surface area (Å²) in [7, 11) is 0. The van der Waals surface area contributed by atoms with Crippen LogP contribution in [0.25, 0.3) is 0 Å². The molecule has 4 heteroatoms. The van der Waals surface area contributed by atoms with Gasteiger partial charge in [0.1, 0.15) is 0 Å². The molecule has 0 fully saturated rings. The molecule has 2 aromatic carbocycles. The Labute approximate surface area is 145 Å². The molecule has 0 saturated carbocycles. The largest absolute Gasteiger partial charge is 0.326 e. The summed E-state index contributed by atoms with van der Waals surface area (Å²) in [5.74, 6) is -0.0158. The Morgan fingerprint density at radius 2 is 1.77 bits per heavy atom. The van der Waals surface area contributed by atoms with E-state index in [0.29, 0.717) is 5.02 Å². The standard InChI is InChI=1S/C18H19BrClNO/c1-11(2)17(13-4-6-14(20)7-5-13)18(22)21-15-8-9-16(19)12(3)10-15/h4-11,17H,1-3H3,(H,21,22)/t17-/m0/s1. The van der Waals surface area contributed by atoms with Crippen LogP contribution in [-0.4, -0.2) is 5.91 Å². The van der Waals surface area contributed by atoms with Crippen molar-refractivity contribution in [1.29, 1.82) is 0 Å². The molecule has 0 heterocycles. The lowest BCUT2D eigenvalue weighted by atomic mass is 9.87. The van der Waals surface area contributed by atoms with Gasteiger partial charge < -0.3 is 5.32 Å². The van der Waals surface area contributed by atoms with Gasteiger partial charge in [-0.2, -0.15) is 0 Å². The third kappa shape index (κ3) is 4.11. The number of carbonyl (C=O) groups is 1. The number of hydrogen-bond acceptors (Lipinski definition) is 1. The first kappa shape index (κ1) is 17.0. The van der Waals surface area contributed by atoms with Crippen LogP contribution in [0.1, 0.15) is 30.9 Å². The fourth-order valence-corrected chi connectivity index (χ4v) is 2.82. The molecule has 0 radical (unpaired) electrons. The van der Waals surface area contributed by atoms with Crippen LogP contribution < -0.4 is 5.32 Å². The van der Waals surface area contributed by atoms with Crippen molar-refractivity contribution in [2.45, 2.75) is 26.7 Å². The third-order valence-corrected chi connectivity index (χ3v) is 4.75. The number of amides is 1. The van der Waals surface area contributed by atoms with Gasteiger partial charge in [-0.1, -0.05) is 53.5 Å². The quantitative estimate of drug-likeness (QED) is 0.714. The lowest BCUT2D eigenvalue weighted by Gasteiger charge is -2.21. The van der Waals surface area contributed by atoms with Crippen molar-refractivity contribution >= 4 is 39.1 Å². The predicted molar refractivity (Wildman–Crippen MR) is 96.5 cm³/mol. The maximum absolute atomic E-state index is 12.7. The van der Waals surface area contributed by atoms with E-state index in [1.165, 1.54) is 0 Å². The predicted octanol–water partition coefficient (Wildman–Crippen LogP) is 5.79. The Kier molecular flexibility index (Phi) is 5.65. The number of halogens is 2. The van der Waals surface area contributed by atoms with E-state index in [9.17, 15) is 4.79 Å². The maximum Gasteiger partial charge on any atom is 0.232 e. The van der Waals surface area contributed by atoms with Crippen LogP contribution in [0.15, 0.2) is 46.9 Å². The molecule has 0 unspecified atom stereocenters. The monoisotopic (exact) mass is 379 g/mol. The third-order valence-electron chi connectivity index (χ3n) is 3.60. The maximum atomic E-state index is 12.7. The van der Waals surface area contributed by atoms with E-state index in [1.807, 2.05) is 63.2 Å². The van der Waals surface area contributed by atoms with E-state index in [-0.39, 0.29) is 17.7 Å². The highest BCUT2D eigenvalue weighted by molar-refractivity contribution is 9.10. The van der Waals surface area contributed by atoms with Crippen LogP contribution in [-0.2, 0) is 4.79 Å². The molecule has 1 atom stereocenters. The summed E-state index contributed by atoms with van der Waals surface area (Å²) in [5.41, 5.74) is 2.88. The van der Waals surface area contributed by atoms with Crippen molar-refractivity contribution in [2.24, 2.45) is 5.92 Å². The lowest BCUT2D eigenvalue weighted by Crippen LogP contribution is -2.25. The van der Waals surface area contributed by atoms with Crippen molar-refractivity contribution in [1.82, 2.24) is 0 Å². The average molecular weight is 381 g/mol. The highest BCUT2D eigenvalue weighted by Crippen LogP contribution is 2.28. The minimum absolute atomic E-state index is 0.000884. The summed E-state index contributed by atoms with van der Waals surface area (Å²) < 4.78 is 1.03. The molecule has 1 amide bonds. The van der Waals surface area contributed by atoms with Crippen LogP contribution in [0.4, 0.5) is 5.69 Å². The van der Waals surface area contributed by atoms with E-state index >= 15 is 0 Å². The molecule has 116 valence electrons. The van der Waals surface area contributed by atoms with Gasteiger partial charge in [-0.25, -0.2) is 0 Å². The van der Waals surface area contributed by atoms with E-state index in [1.54, 1.807) is 0 Å². The molecule has 0 aliphatic heterocycles. The minimum Gasteiger partial charge on any atom is -0.326 e. The van der Waals surface area contributed by atoms with E-state index in [0.717, 1.165) is 21.3 Å². The minimum atomic E-state index is -0.207. The van der Waals surface area contributed by atoms with Crippen molar-refractivity contribution in [3.8, 4) is 0 Å². The zero-order valence-electron chi connectivity index (χ0n) is 12.9. The molecular formula is C18H19BrClNO. The van der Waals surface area contributed by atoms with Gasteiger partial charge in [-0.05, 0) is 54.3 Å². The summed E-state index contributed by atoms with van der Waals surface area (Å²) in [4.78, 5) is 12.7. The van der Waals surface area contributed by atoms with Crippen LogP contribution >= 0.6 is 27.5 Å². The molecule has 0 bridgehead atoms. The zero-order chi connectivity index (χ0) is 16.3. The number of nitrogens with one attached hydrogen (secondary N) is 1. The highest BCUT2D eigenvalue weighted by atomic mass is 79.9. The molecule has 1 N–H and O–H groups in total. The normalized spacial score (nSPS) is 12.3. The zero-order valence-corrected chi connectivity index (χ0v) is 15.2. The van der Waals surface area contributed by atoms with Crippen LogP contribution in [0.5, 0.6) is 0 Å². The molecule has 0 spiro atoms. The second-order valence-electron chi connectivity index (χ2n) is 5.73. The van der Waals surface area contributed by atoms with Gasteiger partial charge in [-0.3, -0.25) is 4.79 Å². The van der Waals surface area contributed by atoms with Gasteiger partial charge in [0.15, 0.2) is 0 Å².